The summed E-state index contributed by atoms with van der Waals surface area (Å²) < 4.78 is 0. The minimum Gasteiger partial charge on any atom is -0.481 e. The molecule has 116 valence electrons. The maximum Gasteiger partial charge on any atom is 0.303 e. The Bertz CT molecular complexity index is 450. The second-order valence-electron chi connectivity index (χ2n) is 5.83. The molecule has 2 rings (SSSR count). The summed E-state index contributed by atoms with van der Waals surface area (Å²) in [4.78, 5) is 24.9. The van der Waals surface area contributed by atoms with Crippen molar-refractivity contribution in [1.82, 2.24) is 10.2 Å². The SMILES string of the molecule is C=CCN1CC(CCC(=O)O)=C(NC2CCCCC2)C1=O. The molecule has 2 aliphatic rings. The summed E-state index contributed by atoms with van der Waals surface area (Å²) >= 11 is 0. The average molecular weight is 292 g/mol. The Kier molecular flexibility index (Phi) is 5.42. The van der Waals surface area contributed by atoms with Crippen molar-refractivity contribution in [1.29, 1.82) is 0 Å². The van der Waals surface area contributed by atoms with Gasteiger partial charge < -0.3 is 15.3 Å². The van der Waals surface area contributed by atoms with Crippen LogP contribution in [0.1, 0.15) is 44.9 Å². The second-order valence-corrected chi connectivity index (χ2v) is 5.83. The predicted molar refractivity (Wildman–Crippen MR) is 80.7 cm³/mol. The van der Waals surface area contributed by atoms with Crippen LogP contribution >= 0.6 is 0 Å². The molecule has 5 nitrogen and oxygen atoms in total. The highest BCUT2D eigenvalue weighted by molar-refractivity contribution is 5.96. The van der Waals surface area contributed by atoms with Gasteiger partial charge in [-0.25, -0.2) is 0 Å². The van der Waals surface area contributed by atoms with Gasteiger partial charge in [0.1, 0.15) is 5.70 Å². The molecule has 0 aromatic carbocycles. The maximum atomic E-state index is 12.4. The molecule has 1 aliphatic carbocycles. The van der Waals surface area contributed by atoms with Crippen LogP contribution in [-0.4, -0.2) is 41.0 Å². The predicted octanol–water partition coefficient (Wildman–Crippen LogP) is 2.06. The fraction of sp³-hybridized carbons (Fsp3) is 0.625. The van der Waals surface area contributed by atoms with E-state index in [9.17, 15) is 9.59 Å². The first-order valence-electron chi connectivity index (χ1n) is 7.72. The molecule has 0 bridgehead atoms. The van der Waals surface area contributed by atoms with Gasteiger partial charge in [0.2, 0.25) is 0 Å². The quantitative estimate of drug-likeness (QED) is 0.705. The lowest BCUT2D eigenvalue weighted by molar-refractivity contribution is -0.137. The van der Waals surface area contributed by atoms with E-state index in [1.54, 1.807) is 11.0 Å². The Morgan fingerprint density at radius 3 is 2.71 bits per heavy atom. The number of carboxylic acids is 1. The van der Waals surface area contributed by atoms with E-state index in [2.05, 4.69) is 11.9 Å². The van der Waals surface area contributed by atoms with E-state index >= 15 is 0 Å². The van der Waals surface area contributed by atoms with E-state index in [0.717, 1.165) is 18.4 Å². The van der Waals surface area contributed by atoms with Crippen molar-refractivity contribution in [3.63, 3.8) is 0 Å². The van der Waals surface area contributed by atoms with Gasteiger partial charge in [0, 0.05) is 25.6 Å². The zero-order valence-corrected chi connectivity index (χ0v) is 12.4. The van der Waals surface area contributed by atoms with Crippen molar-refractivity contribution in [2.24, 2.45) is 0 Å². The highest BCUT2D eigenvalue weighted by Gasteiger charge is 2.31. The lowest BCUT2D eigenvalue weighted by Crippen LogP contribution is -2.36. The topological polar surface area (TPSA) is 69.6 Å². The smallest absolute Gasteiger partial charge is 0.303 e. The number of aliphatic carboxylic acids is 1. The van der Waals surface area contributed by atoms with Gasteiger partial charge in [-0.15, -0.1) is 6.58 Å². The number of amides is 1. The van der Waals surface area contributed by atoms with Gasteiger partial charge in [0.15, 0.2) is 0 Å². The van der Waals surface area contributed by atoms with Gasteiger partial charge in [-0.3, -0.25) is 9.59 Å². The van der Waals surface area contributed by atoms with Crippen molar-refractivity contribution in [3.8, 4) is 0 Å². The van der Waals surface area contributed by atoms with Gasteiger partial charge in [-0.2, -0.15) is 0 Å². The van der Waals surface area contributed by atoms with Gasteiger partial charge in [0.05, 0.1) is 0 Å². The third-order valence-electron chi connectivity index (χ3n) is 4.18. The highest BCUT2D eigenvalue weighted by atomic mass is 16.4. The van der Waals surface area contributed by atoms with Gasteiger partial charge in [0.25, 0.3) is 5.91 Å². The third kappa shape index (κ3) is 4.09. The molecule has 0 spiro atoms. The van der Waals surface area contributed by atoms with Crippen LogP contribution in [0.25, 0.3) is 0 Å². The average Bonchev–Trinajstić information content (AvgIpc) is 2.75. The molecular weight excluding hydrogens is 268 g/mol. The Labute approximate surface area is 125 Å². The number of nitrogens with zero attached hydrogens (tertiary/aromatic N) is 1. The minimum atomic E-state index is -0.825. The first-order chi connectivity index (χ1) is 10.1. The van der Waals surface area contributed by atoms with Gasteiger partial charge >= 0.3 is 5.97 Å². The fourth-order valence-corrected chi connectivity index (χ4v) is 3.07. The number of carbonyl (C=O) groups is 2. The Balaban J connectivity index is 2.07. The van der Waals surface area contributed by atoms with Crippen LogP contribution in [0, 0.1) is 0 Å². The zero-order chi connectivity index (χ0) is 15.2. The van der Waals surface area contributed by atoms with Crippen molar-refractivity contribution in [2.75, 3.05) is 13.1 Å². The van der Waals surface area contributed by atoms with Gasteiger partial charge in [-0.05, 0) is 24.8 Å². The van der Waals surface area contributed by atoms with Crippen LogP contribution in [0.4, 0.5) is 0 Å². The molecule has 5 heteroatoms. The van der Waals surface area contributed by atoms with Gasteiger partial charge in [-0.1, -0.05) is 25.3 Å². The maximum absolute atomic E-state index is 12.4. The number of hydrogen-bond donors (Lipinski definition) is 2. The van der Waals surface area contributed by atoms with Crippen LogP contribution in [-0.2, 0) is 9.59 Å². The number of carbonyl (C=O) groups excluding carboxylic acids is 1. The second kappa shape index (κ2) is 7.29. The largest absolute Gasteiger partial charge is 0.481 e. The molecule has 0 saturated heterocycles. The third-order valence-corrected chi connectivity index (χ3v) is 4.18. The molecule has 1 aliphatic heterocycles. The van der Waals surface area contributed by atoms with Crippen molar-refractivity contribution < 1.29 is 14.7 Å². The molecule has 0 atom stereocenters. The van der Waals surface area contributed by atoms with Crippen molar-refractivity contribution >= 4 is 11.9 Å². The van der Waals surface area contributed by atoms with Crippen LogP contribution in [0.2, 0.25) is 0 Å². The minimum absolute atomic E-state index is 0.0131. The molecule has 1 saturated carbocycles. The van der Waals surface area contributed by atoms with Crippen LogP contribution in [0.15, 0.2) is 23.9 Å². The first kappa shape index (κ1) is 15.6. The molecule has 1 heterocycles. The Morgan fingerprint density at radius 1 is 1.38 bits per heavy atom. The van der Waals surface area contributed by atoms with Crippen molar-refractivity contribution in [2.45, 2.75) is 51.0 Å². The summed E-state index contributed by atoms with van der Waals surface area (Å²) in [6, 6.07) is 0.348. The van der Waals surface area contributed by atoms with E-state index in [4.69, 9.17) is 5.11 Å². The molecule has 0 aromatic rings. The lowest BCUT2D eigenvalue weighted by atomic mass is 9.95. The Hall–Kier alpha value is -1.78. The van der Waals surface area contributed by atoms with Crippen LogP contribution in [0.5, 0.6) is 0 Å². The van der Waals surface area contributed by atoms with Crippen LogP contribution in [0.3, 0.4) is 0 Å². The normalized spacial score (nSPS) is 20.0. The number of nitrogens with one attached hydrogen (secondary N) is 1. The van der Waals surface area contributed by atoms with Crippen LogP contribution < -0.4 is 5.32 Å². The zero-order valence-electron chi connectivity index (χ0n) is 12.4. The van der Waals surface area contributed by atoms with E-state index < -0.39 is 5.97 Å². The molecule has 21 heavy (non-hydrogen) atoms. The molecule has 1 amide bonds. The number of carboxylic acid groups (broad SMARTS) is 1. The summed E-state index contributed by atoms with van der Waals surface area (Å²) in [7, 11) is 0. The van der Waals surface area contributed by atoms with E-state index in [0.29, 0.717) is 31.2 Å². The Morgan fingerprint density at radius 2 is 2.10 bits per heavy atom. The van der Waals surface area contributed by atoms with E-state index in [-0.39, 0.29) is 12.3 Å². The van der Waals surface area contributed by atoms with E-state index in [1.807, 2.05) is 0 Å². The highest BCUT2D eigenvalue weighted by Crippen LogP contribution is 2.25. The fourth-order valence-electron chi connectivity index (χ4n) is 3.07. The monoisotopic (exact) mass is 292 g/mol. The summed E-state index contributed by atoms with van der Waals surface area (Å²) in [5.41, 5.74) is 1.57. The lowest BCUT2D eigenvalue weighted by Gasteiger charge is -2.24. The first-order valence-corrected chi connectivity index (χ1v) is 7.72. The standard InChI is InChI=1S/C16H24N2O3/c1-2-10-18-11-12(8-9-14(19)20)15(16(18)21)17-13-6-4-3-5-7-13/h2,13,17H,1,3-11H2,(H,19,20). The molecule has 0 unspecified atom stereocenters. The summed E-state index contributed by atoms with van der Waals surface area (Å²) in [6.07, 6.45) is 8.04. The summed E-state index contributed by atoms with van der Waals surface area (Å²) in [5, 5.41) is 12.2. The molecular formula is C16H24N2O3. The number of rotatable bonds is 7. The molecule has 0 radical (unpaired) electrons. The summed E-state index contributed by atoms with van der Waals surface area (Å²) in [5.74, 6) is -0.838. The molecule has 1 fully saturated rings. The number of hydrogen-bond acceptors (Lipinski definition) is 3. The van der Waals surface area contributed by atoms with E-state index in [1.165, 1.54) is 19.3 Å². The molecule has 0 aromatic heterocycles. The summed E-state index contributed by atoms with van der Waals surface area (Å²) in [6.45, 7) is 4.70. The molecule has 2 N–H and O–H groups in total. The van der Waals surface area contributed by atoms with Crippen molar-refractivity contribution in [3.05, 3.63) is 23.9 Å².